The fraction of sp³-hybridized carbons (Fsp3) is 0.550. The summed E-state index contributed by atoms with van der Waals surface area (Å²) in [7, 11) is 0. The second-order valence-electron chi connectivity index (χ2n) is 7.53. The number of hydrogen-bond donors (Lipinski definition) is 0. The summed E-state index contributed by atoms with van der Waals surface area (Å²) in [4.78, 5) is 15.1. The average molecular weight is 354 g/mol. The van der Waals surface area contributed by atoms with Crippen molar-refractivity contribution < 1.29 is 9.47 Å². The first-order chi connectivity index (χ1) is 12.7. The lowest BCUT2D eigenvalue weighted by Gasteiger charge is -2.53. The van der Waals surface area contributed by atoms with Crippen molar-refractivity contribution in [1.82, 2.24) is 19.9 Å². The minimum Gasteiger partial charge on any atom is -0.477 e. The van der Waals surface area contributed by atoms with E-state index in [1.807, 2.05) is 25.4 Å². The maximum Gasteiger partial charge on any atom is 0.232 e. The molecule has 0 unspecified atom stereocenters. The van der Waals surface area contributed by atoms with Gasteiger partial charge < -0.3 is 9.47 Å². The molecule has 2 aliphatic heterocycles. The monoisotopic (exact) mass is 354 g/mol. The molecule has 0 amide bonds. The molecule has 138 valence electrons. The second-order valence-corrected chi connectivity index (χ2v) is 7.53. The molecule has 6 heteroatoms. The molecule has 2 aromatic rings. The third-order valence-corrected chi connectivity index (χ3v) is 5.26. The third-order valence-electron chi connectivity index (χ3n) is 5.26. The molecule has 26 heavy (non-hydrogen) atoms. The van der Waals surface area contributed by atoms with Gasteiger partial charge in [0, 0.05) is 44.8 Å². The summed E-state index contributed by atoms with van der Waals surface area (Å²) in [5.41, 5.74) is 2.20. The lowest BCUT2D eigenvalue weighted by atomic mass is 9.79. The van der Waals surface area contributed by atoms with Crippen LogP contribution in [-0.4, -0.2) is 51.8 Å². The smallest absolute Gasteiger partial charge is 0.232 e. The van der Waals surface area contributed by atoms with Crippen LogP contribution < -0.4 is 4.74 Å². The topological polar surface area (TPSA) is 60.4 Å². The van der Waals surface area contributed by atoms with Crippen LogP contribution in [0.1, 0.15) is 30.5 Å². The molecule has 2 saturated heterocycles. The highest BCUT2D eigenvalue weighted by Crippen LogP contribution is 2.38. The molecule has 0 aromatic carbocycles. The number of aromatic nitrogens is 3. The van der Waals surface area contributed by atoms with E-state index in [9.17, 15) is 0 Å². The molecule has 2 fully saturated rings. The van der Waals surface area contributed by atoms with E-state index in [-0.39, 0.29) is 5.60 Å². The quantitative estimate of drug-likeness (QED) is 0.795. The van der Waals surface area contributed by atoms with E-state index < -0.39 is 0 Å². The van der Waals surface area contributed by atoms with Gasteiger partial charge >= 0.3 is 0 Å². The van der Waals surface area contributed by atoms with Gasteiger partial charge in [-0.2, -0.15) is 0 Å². The normalized spacial score (nSPS) is 22.1. The van der Waals surface area contributed by atoms with Crippen LogP contribution in [0, 0.1) is 12.8 Å². The van der Waals surface area contributed by atoms with E-state index in [0.29, 0.717) is 18.4 Å². The SMILES string of the molecule is Cc1cncc(OCC[C@H]2CCOC3(C2)CN(Cc2cccnc2)C3)n1. The number of likely N-dealkylation sites (tertiary alicyclic amines) is 1. The van der Waals surface area contributed by atoms with Crippen molar-refractivity contribution in [1.29, 1.82) is 0 Å². The Balaban J connectivity index is 1.22. The van der Waals surface area contributed by atoms with E-state index in [1.165, 1.54) is 5.56 Å². The molecule has 0 radical (unpaired) electrons. The van der Waals surface area contributed by atoms with Gasteiger partial charge in [-0.05, 0) is 43.7 Å². The van der Waals surface area contributed by atoms with Crippen molar-refractivity contribution in [3.63, 3.8) is 0 Å². The third kappa shape index (κ3) is 4.19. The summed E-state index contributed by atoms with van der Waals surface area (Å²) in [5, 5.41) is 0. The number of hydrogen-bond acceptors (Lipinski definition) is 6. The molecule has 2 aromatic heterocycles. The molecule has 6 nitrogen and oxygen atoms in total. The Morgan fingerprint density at radius 2 is 2.19 bits per heavy atom. The van der Waals surface area contributed by atoms with Gasteiger partial charge in [0.1, 0.15) is 0 Å². The fourth-order valence-corrected chi connectivity index (χ4v) is 4.07. The van der Waals surface area contributed by atoms with Gasteiger partial charge in [-0.3, -0.25) is 14.9 Å². The standard InChI is InChI=1S/C20H26N4O2/c1-16-10-22-12-19(23-16)25-7-4-17-5-8-26-20(9-17)14-24(15-20)13-18-3-2-6-21-11-18/h2-3,6,10-12,17H,4-5,7-9,13-15H2,1H3/t17-/m0/s1. The van der Waals surface area contributed by atoms with Crippen LogP contribution in [0.3, 0.4) is 0 Å². The van der Waals surface area contributed by atoms with E-state index in [4.69, 9.17) is 9.47 Å². The van der Waals surface area contributed by atoms with Crippen molar-refractivity contribution in [2.24, 2.45) is 5.92 Å². The lowest BCUT2D eigenvalue weighted by Crippen LogP contribution is -2.64. The maximum atomic E-state index is 6.16. The zero-order valence-corrected chi connectivity index (χ0v) is 15.3. The first-order valence-corrected chi connectivity index (χ1v) is 9.37. The van der Waals surface area contributed by atoms with Crippen LogP contribution in [0.4, 0.5) is 0 Å². The summed E-state index contributed by atoms with van der Waals surface area (Å²) in [6.07, 6.45) is 10.5. The number of rotatable bonds is 6. The minimum absolute atomic E-state index is 0.0499. The Labute approximate surface area is 154 Å². The highest BCUT2D eigenvalue weighted by molar-refractivity contribution is 5.11. The predicted octanol–water partition coefficient (Wildman–Crippen LogP) is 2.63. The second kappa shape index (κ2) is 7.68. The highest BCUT2D eigenvalue weighted by Gasteiger charge is 2.47. The molecular formula is C20H26N4O2. The van der Waals surface area contributed by atoms with Gasteiger partial charge in [0.05, 0.1) is 24.1 Å². The van der Waals surface area contributed by atoms with Crippen LogP contribution in [0.25, 0.3) is 0 Å². The van der Waals surface area contributed by atoms with E-state index >= 15 is 0 Å². The summed E-state index contributed by atoms with van der Waals surface area (Å²) < 4.78 is 11.9. The Morgan fingerprint density at radius 1 is 1.27 bits per heavy atom. The maximum absolute atomic E-state index is 6.16. The fourth-order valence-electron chi connectivity index (χ4n) is 4.07. The van der Waals surface area contributed by atoms with Gasteiger partial charge in [0.25, 0.3) is 0 Å². The van der Waals surface area contributed by atoms with Crippen molar-refractivity contribution in [3.05, 3.63) is 48.2 Å². The zero-order chi connectivity index (χ0) is 17.8. The minimum atomic E-state index is 0.0499. The molecule has 0 bridgehead atoms. The van der Waals surface area contributed by atoms with Crippen molar-refractivity contribution in [2.45, 2.75) is 38.3 Å². The number of pyridine rings is 1. The predicted molar refractivity (Wildman–Crippen MR) is 97.8 cm³/mol. The molecule has 0 N–H and O–H groups in total. The van der Waals surface area contributed by atoms with Crippen LogP contribution in [0.15, 0.2) is 36.9 Å². The Bertz CT molecular complexity index is 719. The first-order valence-electron chi connectivity index (χ1n) is 9.37. The molecule has 1 spiro atoms. The highest BCUT2D eigenvalue weighted by atomic mass is 16.5. The molecule has 0 aliphatic carbocycles. The largest absolute Gasteiger partial charge is 0.477 e. The molecule has 1 atom stereocenters. The van der Waals surface area contributed by atoms with Gasteiger partial charge in [-0.25, -0.2) is 4.98 Å². The lowest BCUT2D eigenvalue weighted by molar-refractivity contribution is -0.182. The van der Waals surface area contributed by atoms with Gasteiger partial charge in [-0.15, -0.1) is 0 Å². The molecule has 4 heterocycles. The van der Waals surface area contributed by atoms with Crippen LogP contribution in [0.2, 0.25) is 0 Å². The average Bonchev–Trinajstić information content (AvgIpc) is 2.62. The van der Waals surface area contributed by atoms with Crippen LogP contribution in [0.5, 0.6) is 5.88 Å². The molecular weight excluding hydrogens is 328 g/mol. The van der Waals surface area contributed by atoms with Crippen LogP contribution >= 0.6 is 0 Å². The molecule has 4 rings (SSSR count). The Kier molecular flexibility index (Phi) is 5.13. The zero-order valence-electron chi connectivity index (χ0n) is 15.3. The van der Waals surface area contributed by atoms with E-state index in [1.54, 1.807) is 12.4 Å². The van der Waals surface area contributed by atoms with Crippen molar-refractivity contribution in [3.8, 4) is 5.88 Å². The molecule has 0 saturated carbocycles. The first kappa shape index (κ1) is 17.4. The number of nitrogens with zero attached hydrogens (tertiary/aromatic N) is 4. The summed E-state index contributed by atoms with van der Waals surface area (Å²) in [5.74, 6) is 1.28. The summed E-state index contributed by atoms with van der Waals surface area (Å²) in [6, 6.07) is 4.13. The van der Waals surface area contributed by atoms with Crippen molar-refractivity contribution >= 4 is 0 Å². The van der Waals surface area contributed by atoms with Gasteiger partial charge in [-0.1, -0.05) is 6.07 Å². The Hall–Kier alpha value is -2.05. The number of aryl methyl sites for hydroxylation is 1. The number of ether oxygens (including phenoxy) is 2. The van der Waals surface area contributed by atoms with Gasteiger partial charge in [0.2, 0.25) is 5.88 Å². The van der Waals surface area contributed by atoms with E-state index in [0.717, 1.165) is 51.2 Å². The summed E-state index contributed by atoms with van der Waals surface area (Å²) >= 11 is 0. The Morgan fingerprint density at radius 3 is 3.00 bits per heavy atom. The summed E-state index contributed by atoms with van der Waals surface area (Å²) in [6.45, 7) is 6.47. The molecule has 2 aliphatic rings. The van der Waals surface area contributed by atoms with Crippen LogP contribution in [-0.2, 0) is 11.3 Å². The van der Waals surface area contributed by atoms with Gasteiger partial charge in [0.15, 0.2) is 0 Å². The van der Waals surface area contributed by atoms with E-state index in [2.05, 4.69) is 25.9 Å². The van der Waals surface area contributed by atoms with Crippen molar-refractivity contribution in [2.75, 3.05) is 26.3 Å².